The Morgan fingerprint density at radius 2 is 1.73 bits per heavy atom. The predicted octanol–water partition coefficient (Wildman–Crippen LogP) is 1.44. The number of amides is 3. The first kappa shape index (κ1) is 22.5. The van der Waals surface area contributed by atoms with Crippen LogP contribution in [0.3, 0.4) is 0 Å². The van der Waals surface area contributed by atoms with Crippen LogP contribution in [0.5, 0.6) is 0 Å². The number of likely N-dealkylation sites (tertiary alicyclic amines) is 1. The molecular weight excluding hydrogens is 420 g/mol. The number of nitrogens with two attached hydrogens (primary N) is 2. The Balaban J connectivity index is 1.49. The van der Waals surface area contributed by atoms with Gasteiger partial charge in [-0.05, 0) is 43.1 Å². The van der Waals surface area contributed by atoms with E-state index in [9.17, 15) is 14.4 Å². The highest BCUT2D eigenvalue weighted by molar-refractivity contribution is 6.44. The van der Waals surface area contributed by atoms with E-state index in [4.69, 9.17) is 11.5 Å². The topological polar surface area (TPSA) is 134 Å². The molecule has 9 nitrogen and oxygen atoms in total. The van der Waals surface area contributed by atoms with Gasteiger partial charge in [-0.1, -0.05) is 36.4 Å². The number of carbonyl (C=O) groups excluding carboxylic acids is 3. The lowest BCUT2D eigenvalue weighted by Crippen LogP contribution is -2.40. The zero-order valence-corrected chi connectivity index (χ0v) is 18.3. The Hall–Kier alpha value is -3.72. The van der Waals surface area contributed by atoms with E-state index in [1.165, 1.54) is 5.01 Å². The number of rotatable bonds is 7. The Labute approximate surface area is 192 Å². The number of carbonyl (C=O) groups is 3. The van der Waals surface area contributed by atoms with Gasteiger partial charge < -0.3 is 16.8 Å². The molecule has 9 heteroatoms. The molecule has 2 aromatic rings. The number of piperidine rings is 1. The van der Waals surface area contributed by atoms with Crippen molar-refractivity contribution in [3.63, 3.8) is 0 Å². The molecule has 172 valence electrons. The zero-order chi connectivity index (χ0) is 23.4. The fraction of sp³-hybridized carbons (Fsp3) is 0.333. The van der Waals surface area contributed by atoms with Gasteiger partial charge >= 0.3 is 0 Å². The van der Waals surface area contributed by atoms with Gasteiger partial charge in [0.25, 0.3) is 5.91 Å². The number of hydrazone groups is 1. The molecule has 3 amide bonds. The molecule has 0 radical (unpaired) electrons. The van der Waals surface area contributed by atoms with E-state index in [0.717, 1.165) is 24.9 Å². The number of hydrogen-bond acceptors (Lipinski definition) is 6. The summed E-state index contributed by atoms with van der Waals surface area (Å²) in [6.07, 6.45) is 1.84. The summed E-state index contributed by atoms with van der Waals surface area (Å²) in [5, 5.41) is 8.85. The van der Waals surface area contributed by atoms with Crippen LogP contribution in [0.15, 0.2) is 59.7 Å². The molecule has 5 N–H and O–H groups in total. The maximum absolute atomic E-state index is 13.1. The summed E-state index contributed by atoms with van der Waals surface area (Å²) in [4.78, 5) is 38.8. The molecule has 2 aromatic carbocycles. The lowest BCUT2D eigenvalue weighted by atomic mass is 9.97. The van der Waals surface area contributed by atoms with E-state index in [1.54, 1.807) is 0 Å². The van der Waals surface area contributed by atoms with Gasteiger partial charge in [0.1, 0.15) is 11.8 Å². The van der Waals surface area contributed by atoms with Crippen molar-refractivity contribution in [1.82, 2.24) is 4.90 Å². The second-order valence-corrected chi connectivity index (χ2v) is 8.44. The van der Waals surface area contributed by atoms with E-state index in [-0.39, 0.29) is 29.9 Å². The average Bonchev–Trinajstić information content (AvgIpc) is 3.27. The summed E-state index contributed by atoms with van der Waals surface area (Å²) in [5.74, 6) is -1.34. The van der Waals surface area contributed by atoms with Crippen LogP contribution in [-0.4, -0.2) is 47.5 Å². The standard InChI is InChI=1S/C24H28N6O3/c25-22(31)17-8-6-12-29(15-17)14-16-7-4-5-11-19(16)27-24(33)20-13-21(23(26)32)30(28-20)18-9-2-1-3-10-18/h1-5,7,9-11,17,21H,6,8,12-15H2,(H2,25,31)(H2,26,32)(H,27,33). The van der Waals surface area contributed by atoms with Crippen molar-refractivity contribution < 1.29 is 14.4 Å². The maximum atomic E-state index is 13.1. The largest absolute Gasteiger partial charge is 0.369 e. The summed E-state index contributed by atoms with van der Waals surface area (Å²) < 4.78 is 0. The maximum Gasteiger partial charge on any atom is 0.271 e. The Morgan fingerprint density at radius 3 is 2.45 bits per heavy atom. The highest BCUT2D eigenvalue weighted by atomic mass is 16.2. The number of primary amides is 2. The van der Waals surface area contributed by atoms with Crippen LogP contribution in [-0.2, 0) is 20.9 Å². The number of nitrogens with zero attached hydrogens (tertiary/aromatic N) is 3. The summed E-state index contributed by atoms with van der Waals surface area (Å²) in [5.41, 5.74) is 13.6. The van der Waals surface area contributed by atoms with Crippen LogP contribution >= 0.6 is 0 Å². The number of anilines is 2. The van der Waals surface area contributed by atoms with E-state index < -0.39 is 11.9 Å². The van der Waals surface area contributed by atoms with Crippen molar-refractivity contribution in [2.24, 2.45) is 22.5 Å². The molecule has 4 rings (SSSR count). The minimum Gasteiger partial charge on any atom is -0.369 e. The van der Waals surface area contributed by atoms with Crippen molar-refractivity contribution in [2.45, 2.75) is 31.8 Å². The van der Waals surface area contributed by atoms with Gasteiger partial charge in [0.2, 0.25) is 11.8 Å². The lowest BCUT2D eigenvalue weighted by Gasteiger charge is -2.31. The van der Waals surface area contributed by atoms with Gasteiger partial charge in [0.05, 0.1) is 11.6 Å². The summed E-state index contributed by atoms with van der Waals surface area (Å²) in [7, 11) is 0. The van der Waals surface area contributed by atoms with E-state index in [1.807, 2.05) is 54.6 Å². The van der Waals surface area contributed by atoms with Gasteiger partial charge in [0, 0.05) is 25.2 Å². The molecular formula is C24H28N6O3. The molecule has 0 spiro atoms. The number of benzene rings is 2. The number of hydrogen-bond donors (Lipinski definition) is 3. The van der Waals surface area contributed by atoms with E-state index in [0.29, 0.717) is 24.5 Å². The van der Waals surface area contributed by atoms with Crippen molar-refractivity contribution in [3.8, 4) is 0 Å². The first-order valence-electron chi connectivity index (χ1n) is 11.0. The summed E-state index contributed by atoms with van der Waals surface area (Å²) in [6, 6.07) is 16.0. The molecule has 1 saturated heterocycles. The van der Waals surface area contributed by atoms with Crippen molar-refractivity contribution in [2.75, 3.05) is 23.4 Å². The number of para-hydroxylation sites is 2. The van der Waals surface area contributed by atoms with Crippen LogP contribution in [0.1, 0.15) is 24.8 Å². The average molecular weight is 449 g/mol. The molecule has 2 unspecified atom stereocenters. The fourth-order valence-electron chi connectivity index (χ4n) is 4.33. The van der Waals surface area contributed by atoms with Crippen LogP contribution in [0.2, 0.25) is 0 Å². The molecule has 2 heterocycles. The lowest BCUT2D eigenvalue weighted by molar-refractivity contribution is -0.123. The monoisotopic (exact) mass is 448 g/mol. The highest BCUT2D eigenvalue weighted by Crippen LogP contribution is 2.26. The molecule has 0 aromatic heterocycles. The minimum atomic E-state index is -0.720. The third kappa shape index (κ3) is 5.20. The normalized spacial score (nSPS) is 20.8. The van der Waals surface area contributed by atoms with Crippen molar-refractivity contribution in [1.29, 1.82) is 0 Å². The van der Waals surface area contributed by atoms with Gasteiger partial charge in [-0.2, -0.15) is 5.10 Å². The number of nitrogens with one attached hydrogen (secondary N) is 1. The smallest absolute Gasteiger partial charge is 0.271 e. The Kier molecular flexibility index (Phi) is 6.69. The molecule has 1 fully saturated rings. The first-order chi connectivity index (χ1) is 15.9. The SMILES string of the molecule is NC(=O)C1CCCN(Cc2ccccc2NC(=O)C2=NN(c3ccccc3)C(C(N)=O)C2)C1. The van der Waals surface area contributed by atoms with Crippen LogP contribution in [0, 0.1) is 5.92 Å². The summed E-state index contributed by atoms with van der Waals surface area (Å²) in [6.45, 7) is 2.06. The summed E-state index contributed by atoms with van der Waals surface area (Å²) >= 11 is 0. The molecule has 0 saturated carbocycles. The fourth-order valence-corrected chi connectivity index (χ4v) is 4.33. The third-order valence-corrected chi connectivity index (χ3v) is 6.09. The van der Waals surface area contributed by atoms with Crippen molar-refractivity contribution in [3.05, 3.63) is 60.2 Å². The molecule has 0 bridgehead atoms. The quantitative estimate of drug-likeness (QED) is 0.589. The molecule has 33 heavy (non-hydrogen) atoms. The predicted molar refractivity (Wildman–Crippen MR) is 126 cm³/mol. The molecule has 2 atom stereocenters. The second kappa shape index (κ2) is 9.83. The Bertz CT molecular complexity index is 1070. The van der Waals surface area contributed by atoms with Gasteiger partial charge in [-0.15, -0.1) is 0 Å². The van der Waals surface area contributed by atoms with E-state index >= 15 is 0 Å². The molecule has 2 aliphatic heterocycles. The highest BCUT2D eigenvalue weighted by Gasteiger charge is 2.35. The van der Waals surface area contributed by atoms with Crippen molar-refractivity contribution >= 4 is 34.8 Å². The van der Waals surface area contributed by atoms with E-state index in [2.05, 4.69) is 15.3 Å². The van der Waals surface area contributed by atoms with Gasteiger partial charge in [-0.3, -0.25) is 24.3 Å². The van der Waals surface area contributed by atoms with Gasteiger partial charge in [-0.25, -0.2) is 0 Å². The zero-order valence-electron chi connectivity index (χ0n) is 18.3. The third-order valence-electron chi connectivity index (χ3n) is 6.09. The van der Waals surface area contributed by atoms with Crippen LogP contribution in [0.4, 0.5) is 11.4 Å². The van der Waals surface area contributed by atoms with Crippen LogP contribution in [0.25, 0.3) is 0 Å². The van der Waals surface area contributed by atoms with Gasteiger partial charge in [0.15, 0.2) is 0 Å². The Morgan fingerprint density at radius 1 is 1.00 bits per heavy atom. The van der Waals surface area contributed by atoms with Crippen LogP contribution < -0.4 is 21.8 Å². The molecule has 2 aliphatic rings. The first-order valence-corrected chi connectivity index (χ1v) is 11.0. The molecule has 0 aliphatic carbocycles. The second-order valence-electron chi connectivity index (χ2n) is 8.44. The minimum absolute atomic E-state index is 0.130.